The highest BCUT2D eigenvalue weighted by molar-refractivity contribution is 7.90. The van der Waals surface area contributed by atoms with Gasteiger partial charge in [-0.05, 0) is 36.4 Å². The number of alkyl halides is 3. The van der Waals surface area contributed by atoms with Gasteiger partial charge < -0.3 is 20.5 Å². The van der Waals surface area contributed by atoms with Crippen LogP contribution in [0.5, 0.6) is 11.6 Å². The molecule has 0 aliphatic rings. The average Bonchev–Trinajstić information content (AvgIpc) is 3.19. The molecule has 4 rings (SSSR count). The number of carbonyl (C=O) groups excluding carboxylic acids is 1. The van der Waals surface area contributed by atoms with E-state index < -0.39 is 39.5 Å². The minimum Gasteiger partial charge on any atom is -0.438 e. The van der Waals surface area contributed by atoms with Crippen LogP contribution in [0.1, 0.15) is 15.9 Å². The van der Waals surface area contributed by atoms with E-state index in [1.54, 1.807) is 24.3 Å². The fourth-order valence-corrected chi connectivity index (χ4v) is 3.94. The average molecular weight is 536 g/mol. The summed E-state index contributed by atoms with van der Waals surface area (Å²) in [4.78, 5) is 16.7. The number of benzene rings is 2. The first kappa shape index (κ1) is 25.9. The molecular formula is C23H20F3N5O5S. The molecule has 1 amide bonds. The monoisotopic (exact) mass is 535 g/mol. The van der Waals surface area contributed by atoms with Crippen molar-refractivity contribution < 1.29 is 36.2 Å². The molecule has 194 valence electrons. The Balaban J connectivity index is 1.45. The van der Waals surface area contributed by atoms with Gasteiger partial charge in [-0.2, -0.15) is 13.2 Å². The number of sulfone groups is 1. The van der Waals surface area contributed by atoms with E-state index in [2.05, 4.69) is 20.7 Å². The first-order valence-electron chi connectivity index (χ1n) is 10.6. The summed E-state index contributed by atoms with van der Waals surface area (Å²) >= 11 is 0. The van der Waals surface area contributed by atoms with Gasteiger partial charge >= 0.3 is 6.18 Å². The Bertz CT molecular complexity index is 1560. The maximum Gasteiger partial charge on any atom is 0.416 e. The number of hydrogen-bond acceptors (Lipinski definition) is 8. The quantitative estimate of drug-likeness (QED) is 0.292. The number of aliphatic hydroxyl groups excluding tert-OH is 1. The van der Waals surface area contributed by atoms with Gasteiger partial charge in [-0.3, -0.25) is 4.79 Å². The van der Waals surface area contributed by atoms with Gasteiger partial charge in [0.1, 0.15) is 17.8 Å². The van der Waals surface area contributed by atoms with Gasteiger partial charge in [0.15, 0.2) is 15.5 Å². The van der Waals surface area contributed by atoms with Crippen LogP contribution in [0, 0.1) is 0 Å². The first-order chi connectivity index (χ1) is 17.4. The molecule has 0 saturated carbocycles. The third kappa shape index (κ3) is 6.95. The van der Waals surface area contributed by atoms with Crippen LogP contribution in [-0.4, -0.2) is 52.3 Å². The van der Waals surface area contributed by atoms with Crippen LogP contribution in [0.4, 0.5) is 24.7 Å². The molecule has 4 aromatic rings. The topological polar surface area (TPSA) is 135 Å². The van der Waals surface area contributed by atoms with Crippen molar-refractivity contribution in [2.75, 3.05) is 22.6 Å². The molecule has 2 heterocycles. The van der Waals surface area contributed by atoms with Gasteiger partial charge in [-0.15, -0.1) is 5.10 Å². The van der Waals surface area contributed by atoms with E-state index in [9.17, 15) is 31.5 Å². The fourth-order valence-electron chi connectivity index (χ4n) is 3.29. The summed E-state index contributed by atoms with van der Waals surface area (Å²) in [5.74, 6) is -0.590. The minimum absolute atomic E-state index is 0.148. The summed E-state index contributed by atoms with van der Waals surface area (Å²) in [6, 6.07) is 13.4. The molecule has 0 saturated heterocycles. The van der Waals surface area contributed by atoms with Crippen LogP contribution in [0.2, 0.25) is 0 Å². The number of nitrogens with one attached hydrogen (secondary N) is 2. The lowest BCUT2D eigenvalue weighted by atomic mass is 10.1. The highest BCUT2D eigenvalue weighted by atomic mass is 32.2. The first-order valence-corrected chi connectivity index (χ1v) is 12.7. The molecule has 1 unspecified atom stereocenters. The second kappa shape index (κ2) is 10.1. The molecule has 0 radical (unpaired) electrons. The van der Waals surface area contributed by atoms with Gasteiger partial charge in [0.25, 0.3) is 5.91 Å². The second-order valence-electron chi connectivity index (χ2n) is 8.02. The van der Waals surface area contributed by atoms with E-state index in [1.165, 1.54) is 28.9 Å². The summed E-state index contributed by atoms with van der Waals surface area (Å²) in [5, 5.41) is 19.2. The number of anilines is 2. The van der Waals surface area contributed by atoms with E-state index in [0.29, 0.717) is 5.65 Å². The standard InChI is InChI=1S/C23H20F3N5O5S/c1-37(34,35)13-20(32)29-18-12-31-19(28-18)8-9-21(30-31)36-17-7-3-6-16(11-17)27-22(33)14-4-2-5-15(10-14)23(24,25)26/h2-12,20,29,32H,13H2,1H3,(H,27,33). The smallest absolute Gasteiger partial charge is 0.416 e. The Hall–Kier alpha value is -4.17. The number of rotatable bonds is 8. The number of ether oxygens (including phenoxy) is 1. The molecule has 0 aliphatic heterocycles. The zero-order chi connectivity index (χ0) is 26.8. The van der Waals surface area contributed by atoms with E-state index in [1.807, 2.05) is 0 Å². The molecule has 1 atom stereocenters. The number of fused-ring (bicyclic) bond motifs is 1. The molecule has 10 nitrogen and oxygen atoms in total. The zero-order valence-corrected chi connectivity index (χ0v) is 19.9. The number of amides is 1. The van der Waals surface area contributed by atoms with Crippen molar-refractivity contribution in [3.8, 4) is 11.6 Å². The Morgan fingerprint density at radius 2 is 1.89 bits per heavy atom. The normalized spacial score (nSPS) is 12.8. The third-order valence-electron chi connectivity index (χ3n) is 4.84. The Morgan fingerprint density at radius 1 is 1.14 bits per heavy atom. The van der Waals surface area contributed by atoms with E-state index in [-0.39, 0.29) is 28.7 Å². The van der Waals surface area contributed by atoms with Crippen molar-refractivity contribution in [2.45, 2.75) is 12.4 Å². The Kier molecular flexibility index (Phi) is 7.05. The van der Waals surface area contributed by atoms with Gasteiger partial charge in [0.05, 0.1) is 17.5 Å². The summed E-state index contributed by atoms with van der Waals surface area (Å²) in [6.45, 7) is 0. The van der Waals surface area contributed by atoms with Crippen molar-refractivity contribution >= 4 is 32.9 Å². The number of halogens is 3. The molecular weight excluding hydrogens is 515 g/mol. The highest BCUT2D eigenvalue weighted by Crippen LogP contribution is 2.30. The predicted molar refractivity (Wildman–Crippen MR) is 128 cm³/mol. The Labute approximate surface area is 208 Å². The van der Waals surface area contributed by atoms with E-state index >= 15 is 0 Å². The van der Waals surface area contributed by atoms with Crippen molar-refractivity contribution in [1.82, 2.24) is 14.6 Å². The van der Waals surface area contributed by atoms with Crippen LogP contribution in [0.15, 0.2) is 66.9 Å². The van der Waals surface area contributed by atoms with Crippen molar-refractivity contribution in [3.63, 3.8) is 0 Å². The maximum atomic E-state index is 12.9. The summed E-state index contributed by atoms with van der Waals surface area (Å²) in [7, 11) is -3.40. The molecule has 14 heteroatoms. The van der Waals surface area contributed by atoms with Crippen LogP contribution in [0.3, 0.4) is 0 Å². The molecule has 2 aromatic heterocycles. The van der Waals surface area contributed by atoms with Crippen LogP contribution in [0.25, 0.3) is 5.65 Å². The molecule has 0 fully saturated rings. The Morgan fingerprint density at radius 3 is 2.62 bits per heavy atom. The van der Waals surface area contributed by atoms with Gasteiger partial charge in [0, 0.05) is 29.6 Å². The number of hydrogen-bond donors (Lipinski definition) is 3. The number of nitrogens with zero attached hydrogens (tertiary/aromatic N) is 3. The summed E-state index contributed by atoms with van der Waals surface area (Å²) in [6.07, 6.45) is -3.50. The molecule has 3 N–H and O–H groups in total. The van der Waals surface area contributed by atoms with Crippen LogP contribution < -0.4 is 15.4 Å². The zero-order valence-electron chi connectivity index (χ0n) is 19.1. The lowest BCUT2D eigenvalue weighted by molar-refractivity contribution is -0.137. The summed E-state index contributed by atoms with van der Waals surface area (Å²) < 4.78 is 68.5. The number of imidazole rings is 1. The van der Waals surface area contributed by atoms with E-state index in [0.717, 1.165) is 24.5 Å². The molecule has 37 heavy (non-hydrogen) atoms. The second-order valence-corrected chi connectivity index (χ2v) is 10.2. The third-order valence-corrected chi connectivity index (χ3v) is 5.76. The number of aliphatic hydroxyl groups is 1. The number of aromatic nitrogens is 3. The van der Waals surface area contributed by atoms with Crippen molar-refractivity contribution in [2.24, 2.45) is 0 Å². The number of carbonyl (C=O) groups is 1. The van der Waals surface area contributed by atoms with Gasteiger partial charge in [-0.1, -0.05) is 12.1 Å². The SMILES string of the molecule is CS(=O)(=O)CC(O)Nc1cn2nc(Oc3cccc(NC(=O)c4cccc(C(F)(F)F)c4)c3)ccc2n1. The van der Waals surface area contributed by atoms with Crippen LogP contribution >= 0.6 is 0 Å². The molecule has 0 spiro atoms. The van der Waals surface area contributed by atoms with Crippen molar-refractivity contribution in [3.05, 3.63) is 78.0 Å². The maximum absolute atomic E-state index is 12.9. The van der Waals surface area contributed by atoms with Crippen LogP contribution in [-0.2, 0) is 16.0 Å². The largest absolute Gasteiger partial charge is 0.438 e. The molecule has 0 aliphatic carbocycles. The van der Waals surface area contributed by atoms with Crippen molar-refractivity contribution in [1.29, 1.82) is 0 Å². The minimum atomic E-state index is -4.57. The predicted octanol–water partition coefficient (Wildman–Crippen LogP) is 3.57. The summed E-state index contributed by atoms with van der Waals surface area (Å²) in [5.41, 5.74) is -0.403. The van der Waals surface area contributed by atoms with Gasteiger partial charge in [-0.25, -0.2) is 17.9 Å². The molecule has 2 aromatic carbocycles. The van der Waals surface area contributed by atoms with Gasteiger partial charge in [0.2, 0.25) is 5.88 Å². The lowest BCUT2D eigenvalue weighted by Crippen LogP contribution is -2.27. The highest BCUT2D eigenvalue weighted by Gasteiger charge is 2.30. The molecule has 0 bridgehead atoms. The fraction of sp³-hybridized carbons (Fsp3) is 0.174. The lowest BCUT2D eigenvalue weighted by Gasteiger charge is -2.10. The van der Waals surface area contributed by atoms with E-state index in [4.69, 9.17) is 4.74 Å².